The summed E-state index contributed by atoms with van der Waals surface area (Å²) in [5.74, 6) is 0.610. The molecule has 118 valence electrons. The lowest BCUT2D eigenvalue weighted by molar-refractivity contribution is 0.415. The van der Waals surface area contributed by atoms with E-state index in [2.05, 4.69) is 20.7 Å². The van der Waals surface area contributed by atoms with Gasteiger partial charge in [-0.05, 0) is 48.0 Å². The van der Waals surface area contributed by atoms with Crippen molar-refractivity contribution in [2.75, 3.05) is 11.8 Å². The highest BCUT2D eigenvalue weighted by molar-refractivity contribution is 9.10. The summed E-state index contributed by atoms with van der Waals surface area (Å²) in [6.07, 6.45) is 1.32. The van der Waals surface area contributed by atoms with Crippen LogP contribution in [0.5, 0.6) is 5.75 Å². The molecule has 0 unspecified atom stereocenters. The Hall–Kier alpha value is -2.30. The van der Waals surface area contributed by atoms with Crippen molar-refractivity contribution in [3.05, 3.63) is 63.5 Å². The molecule has 0 heterocycles. The van der Waals surface area contributed by atoms with Gasteiger partial charge in [0.05, 0.1) is 7.11 Å². The predicted molar refractivity (Wildman–Crippen MR) is 93.3 cm³/mol. The first kappa shape index (κ1) is 17.1. The summed E-state index contributed by atoms with van der Waals surface area (Å²) >= 11 is 3.30. The SMILES string of the molecule is COc1ccc(NS(=O)(=O)/C(C#N)=C\c2ccc(Br)cc2)cc1. The van der Waals surface area contributed by atoms with Gasteiger partial charge in [0.15, 0.2) is 4.91 Å². The first-order valence-electron chi connectivity index (χ1n) is 6.49. The molecular weight excluding hydrogens is 380 g/mol. The Balaban J connectivity index is 2.28. The van der Waals surface area contributed by atoms with Gasteiger partial charge in [0.2, 0.25) is 0 Å². The van der Waals surface area contributed by atoms with Crippen LogP contribution in [0.25, 0.3) is 6.08 Å². The van der Waals surface area contributed by atoms with Crippen molar-refractivity contribution in [1.29, 1.82) is 5.26 Å². The molecule has 0 aliphatic carbocycles. The lowest BCUT2D eigenvalue weighted by Crippen LogP contribution is -2.14. The maximum absolute atomic E-state index is 12.3. The standard InChI is InChI=1S/C16H13BrN2O3S/c1-22-15-8-6-14(7-9-15)19-23(20,21)16(11-18)10-12-2-4-13(17)5-3-12/h2-10,19H,1H3/b16-10-. The van der Waals surface area contributed by atoms with E-state index in [1.165, 1.54) is 13.2 Å². The number of sulfonamides is 1. The highest BCUT2D eigenvalue weighted by Crippen LogP contribution is 2.20. The van der Waals surface area contributed by atoms with Crippen molar-refractivity contribution in [2.24, 2.45) is 0 Å². The Morgan fingerprint density at radius 2 is 1.78 bits per heavy atom. The van der Waals surface area contributed by atoms with E-state index in [0.717, 1.165) is 4.47 Å². The highest BCUT2D eigenvalue weighted by Gasteiger charge is 2.17. The second-order valence-corrected chi connectivity index (χ2v) is 7.07. The Labute approximate surface area is 143 Å². The molecule has 0 amide bonds. The topological polar surface area (TPSA) is 79.2 Å². The molecule has 2 rings (SSSR count). The summed E-state index contributed by atoms with van der Waals surface area (Å²) < 4.78 is 32.9. The molecule has 0 saturated carbocycles. The fraction of sp³-hybridized carbons (Fsp3) is 0.0625. The normalized spacial score (nSPS) is 11.6. The predicted octanol–water partition coefficient (Wildman–Crippen LogP) is 3.76. The molecule has 1 N–H and O–H groups in total. The molecule has 23 heavy (non-hydrogen) atoms. The van der Waals surface area contributed by atoms with Gasteiger partial charge >= 0.3 is 0 Å². The number of ether oxygens (including phenoxy) is 1. The summed E-state index contributed by atoms with van der Waals surface area (Å²) in [7, 11) is -2.43. The van der Waals surface area contributed by atoms with Crippen LogP contribution in [0.15, 0.2) is 57.9 Å². The van der Waals surface area contributed by atoms with E-state index in [1.807, 2.05) is 0 Å². The van der Waals surface area contributed by atoms with Crippen LogP contribution in [0.2, 0.25) is 0 Å². The van der Waals surface area contributed by atoms with Crippen molar-refractivity contribution in [2.45, 2.75) is 0 Å². The molecule has 2 aromatic carbocycles. The molecule has 0 saturated heterocycles. The van der Waals surface area contributed by atoms with Gasteiger partial charge in [-0.1, -0.05) is 28.1 Å². The molecule has 0 radical (unpaired) electrons. The largest absolute Gasteiger partial charge is 0.497 e. The second kappa shape index (κ2) is 7.31. The molecule has 0 spiro atoms. The average molecular weight is 393 g/mol. The van der Waals surface area contributed by atoms with Gasteiger partial charge < -0.3 is 4.74 Å². The van der Waals surface area contributed by atoms with E-state index in [1.54, 1.807) is 54.6 Å². The number of hydrogen-bond acceptors (Lipinski definition) is 4. The summed E-state index contributed by atoms with van der Waals surface area (Å²) in [5, 5.41) is 9.17. The van der Waals surface area contributed by atoms with E-state index in [4.69, 9.17) is 4.74 Å². The van der Waals surface area contributed by atoms with E-state index >= 15 is 0 Å². The molecule has 0 fully saturated rings. The van der Waals surface area contributed by atoms with Crippen molar-refractivity contribution in [1.82, 2.24) is 0 Å². The van der Waals surface area contributed by atoms with Crippen LogP contribution < -0.4 is 9.46 Å². The van der Waals surface area contributed by atoms with Crippen LogP contribution in [-0.4, -0.2) is 15.5 Å². The summed E-state index contributed by atoms with van der Waals surface area (Å²) in [4.78, 5) is -0.365. The van der Waals surface area contributed by atoms with Crippen molar-refractivity contribution < 1.29 is 13.2 Å². The third kappa shape index (κ3) is 4.58. The first-order valence-corrected chi connectivity index (χ1v) is 8.76. The van der Waals surface area contributed by atoms with Crippen molar-refractivity contribution >= 4 is 37.7 Å². The van der Waals surface area contributed by atoms with Crippen LogP contribution in [0, 0.1) is 11.3 Å². The molecular formula is C16H13BrN2O3S. The summed E-state index contributed by atoms with van der Waals surface area (Å²) in [5.41, 5.74) is 0.965. The molecule has 0 atom stereocenters. The highest BCUT2D eigenvalue weighted by atomic mass is 79.9. The van der Waals surface area contributed by atoms with Crippen LogP contribution in [0.4, 0.5) is 5.69 Å². The van der Waals surface area contributed by atoms with Crippen LogP contribution >= 0.6 is 15.9 Å². The van der Waals surface area contributed by atoms with Crippen LogP contribution in [0.1, 0.15) is 5.56 Å². The van der Waals surface area contributed by atoms with Gasteiger partial charge in [0.1, 0.15) is 11.8 Å². The third-order valence-electron chi connectivity index (χ3n) is 2.91. The molecule has 0 bridgehead atoms. The average Bonchev–Trinajstić information content (AvgIpc) is 2.54. The van der Waals surface area contributed by atoms with Crippen molar-refractivity contribution in [3.63, 3.8) is 0 Å². The number of rotatable bonds is 5. The lowest BCUT2D eigenvalue weighted by atomic mass is 10.2. The smallest absolute Gasteiger partial charge is 0.272 e. The van der Waals surface area contributed by atoms with Crippen LogP contribution in [0.3, 0.4) is 0 Å². The molecule has 0 aliphatic heterocycles. The van der Waals surface area contributed by atoms with Crippen molar-refractivity contribution in [3.8, 4) is 11.8 Å². The fourth-order valence-corrected chi connectivity index (χ4v) is 2.98. The molecule has 0 aliphatic rings. The van der Waals surface area contributed by atoms with Gasteiger partial charge in [-0.2, -0.15) is 5.26 Å². The number of nitrogens with one attached hydrogen (secondary N) is 1. The van der Waals surface area contributed by atoms with Gasteiger partial charge in [-0.25, -0.2) is 8.42 Å². The van der Waals surface area contributed by atoms with Gasteiger partial charge in [0, 0.05) is 10.2 Å². The fourth-order valence-electron chi connectivity index (χ4n) is 1.75. The van der Waals surface area contributed by atoms with E-state index in [9.17, 15) is 13.7 Å². The Morgan fingerprint density at radius 3 is 2.30 bits per heavy atom. The van der Waals surface area contributed by atoms with Gasteiger partial charge in [-0.3, -0.25) is 4.72 Å². The quantitative estimate of drug-likeness (QED) is 0.785. The number of benzene rings is 2. The number of allylic oxidation sites excluding steroid dienone is 1. The minimum absolute atomic E-state index is 0.350. The van der Waals surface area contributed by atoms with Gasteiger partial charge in [-0.15, -0.1) is 0 Å². The maximum atomic E-state index is 12.3. The zero-order chi connectivity index (χ0) is 16.9. The molecule has 0 aromatic heterocycles. The Bertz CT molecular complexity index is 852. The number of nitriles is 1. The van der Waals surface area contributed by atoms with Crippen LogP contribution in [-0.2, 0) is 10.0 Å². The number of anilines is 1. The van der Waals surface area contributed by atoms with E-state index in [0.29, 0.717) is 17.0 Å². The zero-order valence-corrected chi connectivity index (χ0v) is 14.6. The minimum Gasteiger partial charge on any atom is -0.497 e. The molecule has 7 heteroatoms. The number of hydrogen-bond donors (Lipinski definition) is 1. The number of halogens is 1. The monoisotopic (exact) mass is 392 g/mol. The second-order valence-electron chi connectivity index (χ2n) is 4.51. The van der Waals surface area contributed by atoms with E-state index in [-0.39, 0.29) is 4.91 Å². The zero-order valence-electron chi connectivity index (χ0n) is 12.2. The Kier molecular flexibility index (Phi) is 5.42. The Morgan fingerprint density at radius 1 is 1.17 bits per heavy atom. The summed E-state index contributed by atoms with van der Waals surface area (Å²) in [6.45, 7) is 0. The number of methoxy groups -OCH3 is 1. The minimum atomic E-state index is -3.96. The first-order chi connectivity index (χ1) is 10.9. The summed E-state index contributed by atoms with van der Waals surface area (Å²) in [6, 6.07) is 15.1. The maximum Gasteiger partial charge on any atom is 0.272 e. The van der Waals surface area contributed by atoms with E-state index < -0.39 is 10.0 Å². The van der Waals surface area contributed by atoms with Gasteiger partial charge in [0.25, 0.3) is 10.0 Å². The lowest BCUT2D eigenvalue weighted by Gasteiger charge is -2.08. The third-order valence-corrected chi connectivity index (χ3v) is 4.73. The number of nitrogens with zero attached hydrogens (tertiary/aromatic N) is 1. The molecule has 5 nitrogen and oxygen atoms in total. The molecule has 2 aromatic rings.